The van der Waals surface area contributed by atoms with E-state index >= 15 is 0 Å². The van der Waals surface area contributed by atoms with Crippen molar-refractivity contribution < 1.29 is 13.2 Å². The van der Waals surface area contributed by atoms with Crippen molar-refractivity contribution in [2.45, 2.75) is 4.90 Å². The Morgan fingerprint density at radius 1 is 1.13 bits per heavy atom. The molecule has 0 saturated heterocycles. The van der Waals surface area contributed by atoms with Crippen LogP contribution in [0.2, 0.25) is 15.1 Å². The molecule has 0 fully saturated rings. The van der Waals surface area contributed by atoms with Crippen molar-refractivity contribution in [2.75, 3.05) is 0 Å². The zero-order valence-corrected chi connectivity index (χ0v) is 9.95. The van der Waals surface area contributed by atoms with Crippen molar-refractivity contribution in [1.82, 2.24) is 0 Å². The Morgan fingerprint density at radius 3 is 2.00 bits per heavy atom. The minimum absolute atomic E-state index is 0.180. The monoisotopic (exact) mass is 285 g/mol. The van der Waals surface area contributed by atoms with Crippen LogP contribution in [0.15, 0.2) is 21.4 Å². The largest absolute Gasteiger partial charge is 0.295 e. The lowest BCUT2D eigenvalue weighted by Crippen LogP contribution is -1.98. The molecule has 80 valence electrons. The summed E-state index contributed by atoms with van der Waals surface area (Å²) in [5, 5.41) is -0.225. The van der Waals surface area contributed by atoms with E-state index in [9.17, 15) is 13.2 Å². The van der Waals surface area contributed by atoms with Crippen LogP contribution in [0.5, 0.6) is 0 Å². The molecule has 0 heterocycles. The fourth-order valence-electron chi connectivity index (χ4n) is 0.870. The molecule has 0 aliphatic carbocycles. The molecule has 4 nitrogen and oxygen atoms in total. The lowest BCUT2D eigenvalue weighted by Gasteiger charge is -2.03. The van der Waals surface area contributed by atoms with Gasteiger partial charge in [0.15, 0.2) is 0 Å². The summed E-state index contributed by atoms with van der Waals surface area (Å²) in [6.45, 7) is 0. The second kappa shape index (κ2) is 4.51. The molecular weight excluding hydrogens is 285 g/mol. The number of rotatable bonds is 2. The van der Waals surface area contributed by atoms with Gasteiger partial charge in [-0.3, -0.25) is 0 Å². The molecule has 0 spiro atoms. The summed E-state index contributed by atoms with van der Waals surface area (Å²) in [7, 11) is -4.21. The molecule has 1 aromatic carbocycles. The first-order chi connectivity index (χ1) is 6.88. The van der Waals surface area contributed by atoms with E-state index in [1.54, 1.807) is 0 Å². The van der Waals surface area contributed by atoms with Crippen molar-refractivity contribution in [3.8, 4) is 0 Å². The highest BCUT2D eigenvalue weighted by Gasteiger charge is 2.21. The van der Waals surface area contributed by atoms with Gasteiger partial charge in [0.2, 0.25) is 0 Å². The third-order valence-corrected chi connectivity index (χ3v) is 3.69. The topological polar surface area (TPSA) is 63.6 Å². The van der Waals surface area contributed by atoms with Crippen molar-refractivity contribution in [1.29, 1.82) is 0 Å². The normalized spacial score (nSPS) is 10.9. The Labute approximate surface area is 101 Å². The first-order valence-corrected chi connectivity index (χ1v) is 5.94. The van der Waals surface area contributed by atoms with Gasteiger partial charge in [-0.15, -0.1) is 0 Å². The van der Waals surface area contributed by atoms with Crippen LogP contribution in [-0.2, 0) is 14.8 Å². The number of hydrogen-bond acceptors (Lipinski definition) is 3. The van der Waals surface area contributed by atoms with E-state index in [2.05, 4.69) is 4.40 Å². The summed E-state index contributed by atoms with van der Waals surface area (Å²) < 4.78 is 25.3. The van der Waals surface area contributed by atoms with Gasteiger partial charge in [0.05, 0.1) is 10.0 Å². The van der Waals surface area contributed by atoms with E-state index in [0.29, 0.717) is 0 Å². The third-order valence-electron chi connectivity index (χ3n) is 1.38. The maximum Gasteiger partial charge on any atom is 0.295 e. The summed E-state index contributed by atoms with van der Waals surface area (Å²) >= 11 is 16.8. The molecule has 0 aliphatic rings. The predicted molar refractivity (Wildman–Crippen MR) is 56.8 cm³/mol. The van der Waals surface area contributed by atoms with Gasteiger partial charge in [0, 0.05) is 5.02 Å². The average molecular weight is 287 g/mol. The third kappa shape index (κ3) is 2.71. The van der Waals surface area contributed by atoms with Crippen LogP contribution in [0.1, 0.15) is 0 Å². The molecule has 0 aliphatic heterocycles. The summed E-state index contributed by atoms with van der Waals surface area (Å²) in [5.41, 5.74) is 0. The SMILES string of the molecule is O=C=NS(=O)(=O)c1c(Cl)cc(Cl)cc1Cl. The number of nitrogens with zero attached hydrogens (tertiary/aromatic N) is 1. The van der Waals surface area contributed by atoms with E-state index in [1.165, 1.54) is 12.1 Å². The Balaban J connectivity index is 3.59. The van der Waals surface area contributed by atoms with Gasteiger partial charge >= 0.3 is 0 Å². The maximum absolute atomic E-state index is 11.3. The molecule has 1 aromatic rings. The molecular formula is C7H2Cl3NO3S. The number of carbonyl (C=O) groups excluding carboxylic acids is 1. The molecule has 0 amide bonds. The second-order valence-electron chi connectivity index (χ2n) is 2.36. The minimum atomic E-state index is -4.21. The molecule has 0 radical (unpaired) electrons. The lowest BCUT2D eigenvalue weighted by molar-refractivity contribution is 0.563. The molecule has 0 bridgehead atoms. The fraction of sp³-hybridized carbons (Fsp3) is 0. The molecule has 0 atom stereocenters. The van der Waals surface area contributed by atoms with Crippen molar-refractivity contribution in [2.24, 2.45) is 4.40 Å². The fourth-order valence-corrected chi connectivity index (χ4v) is 3.07. The zero-order chi connectivity index (χ0) is 11.6. The van der Waals surface area contributed by atoms with Gasteiger partial charge < -0.3 is 0 Å². The van der Waals surface area contributed by atoms with Crippen LogP contribution in [0.3, 0.4) is 0 Å². The Kier molecular flexibility index (Phi) is 3.76. The first-order valence-electron chi connectivity index (χ1n) is 3.37. The van der Waals surface area contributed by atoms with Crippen LogP contribution in [-0.4, -0.2) is 14.5 Å². The molecule has 1 rings (SSSR count). The van der Waals surface area contributed by atoms with Crippen LogP contribution in [0.4, 0.5) is 0 Å². The van der Waals surface area contributed by atoms with Gasteiger partial charge in [0.1, 0.15) is 4.90 Å². The van der Waals surface area contributed by atoms with Crippen LogP contribution in [0.25, 0.3) is 0 Å². The highest BCUT2D eigenvalue weighted by molar-refractivity contribution is 7.90. The molecule has 15 heavy (non-hydrogen) atoms. The quantitative estimate of drug-likeness (QED) is 0.620. The Morgan fingerprint density at radius 2 is 1.60 bits per heavy atom. The summed E-state index contributed by atoms with van der Waals surface area (Å²) in [6.07, 6.45) is 0.912. The number of benzene rings is 1. The van der Waals surface area contributed by atoms with E-state index < -0.39 is 14.9 Å². The maximum atomic E-state index is 11.3. The van der Waals surface area contributed by atoms with Gasteiger partial charge in [-0.25, -0.2) is 4.79 Å². The van der Waals surface area contributed by atoms with Crippen molar-refractivity contribution in [3.63, 3.8) is 0 Å². The molecule has 0 unspecified atom stereocenters. The van der Waals surface area contributed by atoms with Crippen LogP contribution < -0.4 is 0 Å². The minimum Gasteiger partial charge on any atom is -0.210 e. The number of hydrogen-bond donors (Lipinski definition) is 0. The summed E-state index contributed by atoms with van der Waals surface area (Å²) in [4.78, 5) is 9.44. The predicted octanol–water partition coefficient (Wildman–Crippen LogP) is 2.67. The van der Waals surface area contributed by atoms with Gasteiger partial charge in [0.25, 0.3) is 16.1 Å². The van der Waals surface area contributed by atoms with E-state index in [0.717, 1.165) is 6.08 Å². The van der Waals surface area contributed by atoms with Gasteiger partial charge in [-0.2, -0.15) is 8.42 Å². The summed E-state index contributed by atoms with van der Waals surface area (Å²) in [5.74, 6) is 0. The number of isocyanates is 1. The average Bonchev–Trinajstić information content (AvgIpc) is 1.99. The van der Waals surface area contributed by atoms with Crippen molar-refractivity contribution >= 4 is 50.9 Å². The molecule has 0 N–H and O–H groups in total. The van der Waals surface area contributed by atoms with Crippen LogP contribution in [0, 0.1) is 0 Å². The number of sulfonamides is 1. The standard InChI is InChI=1S/C7H2Cl3NO3S/c8-4-1-5(9)7(6(10)2-4)15(13,14)11-3-12/h1-2H. The molecule has 0 saturated carbocycles. The molecule has 0 aromatic heterocycles. The molecule has 8 heteroatoms. The highest BCUT2D eigenvalue weighted by atomic mass is 35.5. The van der Waals surface area contributed by atoms with E-state index in [4.69, 9.17) is 34.8 Å². The van der Waals surface area contributed by atoms with Gasteiger partial charge in [-0.1, -0.05) is 39.2 Å². The van der Waals surface area contributed by atoms with E-state index in [-0.39, 0.29) is 15.1 Å². The second-order valence-corrected chi connectivity index (χ2v) is 5.15. The Hall–Kier alpha value is -0.580. The zero-order valence-electron chi connectivity index (χ0n) is 6.87. The Bertz CT molecular complexity index is 526. The smallest absolute Gasteiger partial charge is 0.210 e. The highest BCUT2D eigenvalue weighted by Crippen LogP contribution is 2.33. The van der Waals surface area contributed by atoms with E-state index in [1.807, 2.05) is 0 Å². The van der Waals surface area contributed by atoms with Crippen LogP contribution >= 0.6 is 34.8 Å². The van der Waals surface area contributed by atoms with Gasteiger partial charge in [-0.05, 0) is 12.1 Å². The van der Waals surface area contributed by atoms with Crippen molar-refractivity contribution in [3.05, 3.63) is 27.2 Å². The first kappa shape index (κ1) is 12.5. The summed E-state index contributed by atoms with van der Waals surface area (Å²) in [6, 6.07) is 2.37. The lowest BCUT2D eigenvalue weighted by atomic mass is 10.4. The number of halogens is 3.